The molecule has 3 atom stereocenters. The lowest BCUT2D eigenvalue weighted by Crippen LogP contribution is -2.50. The lowest BCUT2D eigenvalue weighted by molar-refractivity contribution is 0.0312. The van der Waals surface area contributed by atoms with Gasteiger partial charge >= 0.3 is 0 Å². The highest BCUT2D eigenvalue weighted by Crippen LogP contribution is 2.30. The van der Waals surface area contributed by atoms with Gasteiger partial charge in [0.05, 0.1) is 30.8 Å². The Morgan fingerprint density at radius 3 is 2.76 bits per heavy atom. The van der Waals surface area contributed by atoms with Crippen LogP contribution in [0.25, 0.3) is 11.1 Å². The Labute approximate surface area is 216 Å². The second-order valence-corrected chi connectivity index (χ2v) is 9.29. The summed E-state index contributed by atoms with van der Waals surface area (Å²) in [5, 5.41) is 19.1. The van der Waals surface area contributed by atoms with Gasteiger partial charge in [-0.2, -0.15) is 5.26 Å². The van der Waals surface area contributed by atoms with Crippen molar-refractivity contribution in [2.45, 2.75) is 26.0 Å². The molecule has 1 aliphatic rings. The maximum absolute atomic E-state index is 13.6. The molecule has 0 fully saturated rings. The molecule has 1 N–H and O–H groups in total. The summed E-state index contributed by atoms with van der Waals surface area (Å²) < 4.78 is 6.29. The van der Waals surface area contributed by atoms with E-state index >= 15 is 0 Å². The number of pyridine rings is 2. The number of nitriles is 1. The van der Waals surface area contributed by atoms with Gasteiger partial charge in [0, 0.05) is 37.5 Å². The summed E-state index contributed by atoms with van der Waals surface area (Å²) in [4.78, 5) is 38.4. The van der Waals surface area contributed by atoms with Gasteiger partial charge < -0.3 is 19.6 Å². The molecule has 0 bridgehead atoms. The van der Waals surface area contributed by atoms with Crippen molar-refractivity contribution in [3.63, 3.8) is 0 Å². The van der Waals surface area contributed by atoms with E-state index in [1.807, 2.05) is 13.0 Å². The molecule has 1 aliphatic heterocycles. The molecule has 0 radical (unpaired) electrons. The Morgan fingerprint density at radius 2 is 2.05 bits per heavy atom. The molecule has 3 aromatic rings. The van der Waals surface area contributed by atoms with Crippen LogP contribution in [0, 0.1) is 17.2 Å². The van der Waals surface area contributed by atoms with Crippen molar-refractivity contribution < 1.29 is 19.4 Å². The minimum atomic E-state index is -0.474. The molecule has 9 nitrogen and oxygen atoms in total. The molecule has 9 heteroatoms. The number of rotatable bonds is 6. The molecule has 0 unspecified atom stereocenters. The number of nitrogens with zero attached hydrogens (tertiary/aromatic N) is 5. The van der Waals surface area contributed by atoms with Gasteiger partial charge in [-0.15, -0.1) is 0 Å². The molecule has 0 saturated heterocycles. The van der Waals surface area contributed by atoms with Gasteiger partial charge in [0.15, 0.2) is 0 Å². The number of carbonyl (C=O) groups is 2. The van der Waals surface area contributed by atoms with E-state index in [9.17, 15) is 20.0 Å². The topological polar surface area (TPSA) is 120 Å². The van der Waals surface area contributed by atoms with E-state index in [0.29, 0.717) is 23.4 Å². The lowest BCUT2D eigenvalue weighted by atomic mass is 9.98. The SMILES string of the molecule is C[C@@H]1CN([C@@H](C)CO)C(=O)c2cc(-c3cccc(C#N)c3)cnc2O[C@H]1CN(C)C(=O)c1ccccn1. The first-order valence-corrected chi connectivity index (χ1v) is 12.1. The normalized spacial score (nSPS) is 18.0. The van der Waals surface area contributed by atoms with Crippen LogP contribution in [0.2, 0.25) is 0 Å². The Balaban J connectivity index is 1.70. The number of ether oxygens (including phenoxy) is 1. The summed E-state index contributed by atoms with van der Waals surface area (Å²) in [5.74, 6) is -0.545. The van der Waals surface area contributed by atoms with Crippen LogP contribution in [-0.2, 0) is 0 Å². The smallest absolute Gasteiger partial charge is 0.272 e. The highest BCUT2D eigenvalue weighted by molar-refractivity contribution is 5.98. The first kappa shape index (κ1) is 25.8. The van der Waals surface area contributed by atoms with Gasteiger partial charge in [0.25, 0.3) is 11.8 Å². The molecule has 190 valence electrons. The highest BCUT2D eigenvalue weighted by atomic mass is 16.5. The number of amides is 2. The standard InChI is InChI=1S/C28H29N5O4/c1-18-15-33(19(2)17-34)27(35)23-12-22(21-8-6-7-20(11-21)13-29)14-31-26(23)37-25(18)16-32(3)28(36)24-9-4-5-10-30-24/h4-12,14,18-19,25,34H,15-17H2,1-3H3/t18-,19+,25+/m1/s1. The molecule has 3 heterocycles. The number of fused-ring (bicyclic) bond motifs is 1. The van der Waals surface area contributed by atoms with Crippen LogP contribution in [0.15, 0.2) is 60.9 Å². The first-order chi connectivity index (χ1) is 17.8. The summed E-state index contributed by atoms with van der Waals surface area (Å²) in [6.45, 7) is 4.10. The number of aliphatic hydroxyl groups excluding tert-OH is 1. The molecule has 0 aliphatic carbocycles. The van der Waals surface area contributed by atoms with Gasteiger partial charge in [0.1, 0.15) is 17.4 Å². The van der Waals surface area contributed by atoms with Crippen molar-refractivity contribution in [3.8, 4) is 23.1 Å². The summed E-state index contributed by atoms with van der Waals surface area (Å²) in [6, 6.07) is 15.6. The fourth-order valence-corrected chi connectivity index (χ4v) is 4.28. The maximum Gasteiger partial charge on any atom is 0.272 e. The maximum atomic E-state index is 13.6. The minimum Gasteiger partial charge on any atom is -0.472 e. The molecule has 2 aromatic heterocycles. The molecular weight excluding hydrogens is 470 g/mol. The third kappa shape index (κ3) is 5.60. The molecule has 4 rings (SSSR count). The monoisotopic (exact) mass is 499 g/mol. The van der Waals surface area contributed by atoms with Crippen LogP contribution in [0.3, 0.4) is 0 Å². The number of carbonyl (C=O) groups excluding carboxylic acids is 2. The molecular formula is C28H29N5O4. The molecule has 0 spiro atoms. The summed E-state index contributed by atoms with van der Waals surface area (Å²) >= 11 is 0. The Hall–Kier alpha value is -4.29. The van der Waals surface area contributed by atoms with Crippen LogP contribution < -0.4 is 4.74 Å². The van der Waals surface area contributed by atoms with Crippen molar-refractivity contribution in [3.05, 3.63) is 77.7 Å². The fourth-order valence-electron chi connectivity index (χ4n) is 4.28. The average molecular weight is 500 g/mol. The van der Waals surface area contributed by atoms with Crippen LogP contribution in [0.4, 0.5) is 0 Å². The number of benzene rings is 1. The summed E-state index contributed by atoms with van der Waals surface area (Å²) in [7, 11) is 1.69. The second kappa shape index (κ2) is 11.2. The number of aromatic nitrogens is 2. The van der Waals surface area contributed by atoms with E-state index in [2.05, 4.69) is 16.0 Å². The van der Waals surface area contributed by atoms with Crippen LogP contribution in [0.1, 0.15) is 40.3 Å². The third-order valence-electron chi connectivity index (χ3n) is 6.53. The van der Waals surface area contributed by atoms with E-state index in [0.717, 1.165) is 5.56 Å². The Morgan fingerprint density at radius 1 is 1.24 bits per heavy atom. The van der Waals surface area contributed by atoms with Gasteiger partial charge in [-0.05, 0) is 42.8 Å². The minimum absolute atomic E-state index is 0.163. The highest BCUT2D eigenvalue weighted by Gasteiger charge is 2.35. The van der Waals surface area contributed by atoms with E-state index in [1.165, 1.54) is 0 Å². The zero-order valence-corrected chi connectivity index (χ0v) is 21.0. The predicted molar refractivity (Wildman–Crippen MR) is 137 cm³/mol. The first-order valence-electron chi connectivity index (χ1n) is 12.1. The zero-order chi connectivity index (χ0) is 26.5. The fraction of sp³-hybridized carbons (Fsp3) is 0.321. The number of hydrogen-bond donors (Lipinski definition) is 1. The average Bonchev–Trinajstić information content (AvgIpc) is 2.94. The van der Waals surface area contributed by atoms with Gasteiger partial charge in [0.2, 0.25) is 5.88 Å². The Bertz CT molecular complexity index is 1320. The molecule has 1 aromatic carbocycles. The largest absolute Gasteiger partial charge is 0.472 e. The molecule has 2 amide bonds. The molecule has 0 saturated carbocycles. The van der Waals surface area contributed by atoms with Crippen molar-refractivity contribution in [2.75, 3.05) is 26.7 Å². The Kier molecular flexibility index (Phi) is 7.80. The second-order valence-electron chi connectivity index (χ2n) is 9.29. The van der Waals surface area contributed by atoms with E-state index in [1.54, 1.807) is 78.6 Å². The quantitative estimate of drug-likeness (QED) is 0.554. The molecule has 37 heavy (non-hydrogen) atoms. The van der Waals surface area contributed by atoms with E-state index in [4.69, 9.17) is 4.74 Å². The third-order valence-corrected chi connectivity index (χ3v) is 6.53. The lowest BCUT2D eigenvalue weighted by Gasteiger charge is -2.37. The summed E-state index contributed by atoms with van der Waals surface area (Å²) in [6.07, 6.45) is 2.70. The number of likely N-dealkylation sites (N-methyl/N-ethyl adjacent to an activating group) is 1. The number of hydrogen-bond acceptors (Lipinski definition) is 7. The van der Waals surface area contributed by atoms with Crippen molar-refractivity contribution in [2.24, 2.45) is 5.92 Å². The van der Waals surface area contributed by atoms with Gasteiger partial charge in [-0.25, -0.2) is 4.98 Å². The predicted octanol–water partition coefficient (Wildman–Crippen LogP) is 3.01. The van der Waals surface area contributed by atoms with Crippen LogP contribution in [0.5, 0.6) is 5.88 Å². The van der Waals surface area contributed by atoms with Crippen molar-refractivity contribution in [1.29, 1.82) is 5.26 Å². The van der Waals surface area contributed by atoms with Gasteiger partial charge in [-0.1, -0.05) is 25.1 Å². The van der Waals surface area contributed by atoms with Crippen LogP contribution >= 0.6 is 0 Å². The zero-order valence-electron chi connectivity index (χ0n) is 21.0. The van der Waals surface area contributed by atoms with Crippen molar-refractivity contribution in [1.82, 2.24) is 19.8 Å². The number of aliphatic hydroxyl groups is 1. The van der Waals surface area contributed by atoms with E-state index in [-0.39, 0.29) is 42.3 Å². The van der Waals surface area contributed by atoms with Crippen LogP contribution in [-0.4, -0.2) is 75.6 Å². The summed E-state index contributed by atoms with van der Waals surface area (Å²) in [5.41, 5.74) is 2.50. The van der Waals surface area contributed by atoms with E-state index < -0.39 is 12.1 Å². The van der Waals surface area contributed by atoms with Crippen molar-refractivity contribution >= 4 is 11.8 Å². The van der Waals surface area contributed by atoms with Gasteiger partial charge in [-0.3, -0.25) is 14.6 Å².